The fourth-order valence-corrected chi connectivity index (χ4v) is 4.33. The summed E-state index contributed by atoms with van der Waals surface area (Å²) in [6, 6.07) is 4.03. The zero-order valence-corrected chi connectivity index (χ0v) is 18.9. The van der Waals surface area contributed by atoms with Gasteiger partial charge in [0.15, 0.2) is 0 Å². The van der Waals surface area contributed by atoms with Crippen molar-refractivity contribution < 1.29 is 9.63 Å². The number of rotatable bonds is 5. The van der Waals surface area contributed by atoms with Gasteiger partial charge in [-0.1, -0.05) is 16.8 Å². The van der Waals surface area contributed by atoms with Gasteiger partial charge in [0.25, 0.3) is 0 Å². The standard InChI is InChI=1S/C20H25ClN4O2.2ClH/c1-12-19(13(2)27-24-12)15-9-14(21)10-17-20(15)25(11-23-17)8-4-5-16-18(26)6-3-7-22-16;;/h9-11,16,18,22,26H,3-8H2,1-2H3;2*1H/t16-,18+;;/m1../s1. The Balaban J connectivity index is 0.00000150. The summed E-state index contributed by atoms with van der Waals surface area (Å²) in [7, 11) is 0. The number of piperidine rings is 1. The number of benzene rings is 1. The summed E-state index contributed by atoms with van der Waals surface area (Å²) < 4.78 is 7.54. The number of aliphatic hydroxyl groups is 1. The summed E-state index contributed by atoms with van der Waals surface area (Å²) >= 11 is 6.34. The third-order valence-corrected chi connectivity index (χ3v) is 5.66. The van der Waals surface area contributed by atoms with Gasteiger partial charge in [0.1, 0.15) is 5.76 Å². The normalized spacial score (nSPS) is 19.0. The molecule has 0 aliphatic carbocycles. The Morgan fingerprint density at radius 1 is 1.31 bits per heavy atom. The van der Waals surface area contributed by atoms with Gasteiger partial charge in [0, 0.05) is 28.7 Å². The van der Waals surface area contributed by atoms with Crippen molar-refractivity contribution in [2.24, 2.45) is 0 Å². The molecule has 0 unspecified atom stereocenters. The van der Waals surface area contributed by atoms with E-state index in [9.17, 15) is 5.11 Å². The number of fused-ring (bicyclic) bond motifs is 1. The van der Waals surface area contributed by atoms with Crippen molar-refractivity contribution in [1.29, 1.82) is 0 Å². The summed E-state index contributed by atoms with van der Waals surface area (Å²) in [6.07, 6.45) is 5.47. The van der Waals surface area contributed by atoms with Gasteiger partial charge < -0.3 is 19.5 Å². The van der Waals surface area contributed by atoms with Crippen LogP contribution in [0.15, 0.2) is 23.0 Å². The second-order valence-electron chi connectivity index (χ2n) is 7.37. The van der Waals surface area contributed by atoms with E-state index in [2.05, 4.69) is 20.0 Å². The monoisotopic (exact) mass is 460 g/mol. The van der Waals surface area contributed by atoms with Gasteiger partial charge >= 0.3 is 0 Å². The SMILES string of the molecule is Cc1noc(C)c1-c1cc(Cl)cc2ncn(CCC[C@H]3NCCC[C@@H]3O)c12.Cl.Cl. The number of aliphatic hydroxyl groups excluding tert-OH is 1. The van der Waals surface area contributed by atoms with Gasteiger partial charge in [-0.25, -0.2) is 4.98 Å². The van der Waals surface area contributed by atoms with Gasteiger partial charge in [-0.15, -0.1) is 24.8 Å². The number of imidazole rings is 1. The lowest BCUT2D eigenvalue weighted by atomic mass is 9.97. The van der Waals surface area contributed by atoms with Crippen LogP contribution in [0.5, 0.6) is 0 Å². The molecule has 1 aliphatic rings. The minimum atomic E-state index is -0.241. The molecule has 1 saturated heterocycles. The molecule has 3 heterocycles. The number of halogens is 3. The van der Waals surface area contributed by atoms with Gasteiger partial charge in [-0.05, 0) is 58.2 Å². The van der Waals surface area contributed by atoms with E-state index in [0.717, 1.165) is 72.4 Å². The van der Waals surface area contributed by atoms with Crippen LogP contribution in [-0.2, 0) is 6.54 Å². The third-order valence-electron chi connectivity index (χ3n) is 5.44. The molecule has 160 valence electrons. The molecule has 0 saturated carbocycles. The van der Waals surface area contributed by atoms with E-state index < -0.39 is 0 Å². The average molecular weight is 462 g/mol. The molecule has 2 aromatic heterocycles. The number of hydrogen-bond acceptors (Lipinski definition) is 5. The predicted octanol–water partition coefficient (Wildman–Crippen LogP) is 4.70. The summed E-state index contributed by atoms with van der Waals surface area (Å²) in [6.45, 7) is 5.68. The van der Waals surface area contributed by atoms with Crippen molar-refractivity contribution in [2.45, 2.75) is 58.2 Å². The Hall–Kier alpha value is -1.31. The molecule has 0 amide bonds. The van der Waals surface area contributed by atoms with Crippen LogP contribution in [0.3, 0.4) is 0 Å². The van der Waals surface area contributed by atoms with Crippen LogP contribution >= 0.6 is 36.4 Å². The average Bonchev–Trinajstić information content (AvgIpc) is 3.19. The molecule has 29 heavy (non-hydrogen) atoms. The Morgan fingerprint density at radius 3 is 2.79 bits per heavy atom. The van der Waals surface area contributed by atoms with E-state index >= 15 is 0 Å². The number of hydrogen-bond donors (Lipinski definition) is 2. The number of aromatic nitrogens is 3. The lowest BCUT2D eigenvalue weighted by Gasteiger charge is -2.29. The van der Waals surface area contributed by atoms with Crippen LogP contribution in [0.25, 0.3) is 22.2 Å². The minimum absolute atomic E-state index is 0. The maximum atomic E-state index is 10.1. The largest absolute Gasteiger partial charge is 0.392 e. The highest BCUT2D eigenvalue weighted by atomic mass is 35.5. The van der Waals surface area contributed by atoms with Crippen LogP contribution < -0.4 is 5.32 Å². The molecule has 2 atom stereocenters. The fourth-order valence-electron chi connectivity index (χ4n) is 4.11. The first-order valence-electron chi connectivity index (χ1n) is 9.53. The molecule has 1 aliphatic heterocycles. The Labute approximate surface area is 187 Å². The topological polar surface area (TPSA) is 76.1 Å². The van der Waals surface area contributed by atoms with E-state index in [0.29, 0.717) is 5.02 Å². The molecule has 2 N–H and O–H groups in total. The van der Waals surface area contributed by atoms with Crippen molar-refractivity contribution in [1.82, 2.24) is 20.0 Å². The fraction of sp³-hybridized carbons (Fsp3) is 0.500. The Morgan fingerprint density at radius 2 is 2.10 bits per heavy atom. The summed E-state index contributed by atoms with van der Waals surface area (Å²) in [5.74, 6) is 0.776. The number of nitrogens with zero attached hydrogens (tertiary/aromatic N) is 3. The van der Waals surface area contributed by atoms with Crippen molar-refractivity contribution in [3.63, 3.8) is 0 Å². The lowest BCUT2D eigenvalue weighted by Crippen LogP contribution is -2.44. The van der Waals surface area contributed by atoms with Crippen LogP contribution in [0.2, 0.25) is 5.02 Å². The zero-order chi connectivity index (χ0) is 19.0. The number of nitrogens with one attached hydrogen (secondary N) is 1. The Kier molecular flexibility index (Phi) is 8.37. The van der Waals surface area contributed by atoms with Gasteiger partial charge in [0.2, 0.25) is 0 Å². The molecule has 0 spiro atoms. The van der Waals surface area contributed by atoms with Crippen LogP contribution in [0.4, 0.5) is 0 Å². The summed E-state index contributed by atoms with van der Waals surface area (Å²) in [5, 5.41) is 18.3. The molecule has 4 rings (SSSR count). The highest BCUT2D eigenvalue weighted by Gasteiger charge is 2.22. The number of aryl methyl sites for hydroxylation is 3. The van der Waals surface area contributed by atoms with E-state index in [4.69, 9.17) is 16.1 Å². The summed E-state index contributed by atoms with van der Waals surface area (Å²) in [5.41, 5.74) is 4.74. The van der Waals surface area contributed by atoms with E-state index in [1.807, 2.05) is 32.3 Å². The first kappa shape index (κ1) is 24.0. The van der Waals surface area contributed by atoms with Crippen molar-refractivity contribution in [3.8, 4) is 11.1 Å². The van der Waals surface area contributed by atoms with E-state index in [1.54, 1.807) is 0 Å². The molecule has 0 radical (unpaired) electrons. The highest BCUT2D eigenvalue weighted by molar-refractivity contribution is 6.31. The van der Waals surface area contributed by atoms with Gasteiger partial charge in [-0.2, -0.15) is 0 Å². The first-order valence-corrected chi connectivity index (χ1v) is 9.91. The van der Waals surface area contributed by atoms with Crippen LogP contribution in [0, 0.1) is 13.8 Å². The third kappa shape index (κ3) is 4.89. The molecule has 0 bridgehead atoms. The van der Waals surface area contributed by atoms with Gasteiger partial charge in [0.05, 0.1) is 29.2 Å². The van der Waals surface area contributed by atoms with Gasteiger partial charge in [-0.3, -0.25) is 0 Å². The maximum Gasteiger partial charge on any atom is 0.141 e. The van der Waals surface area contributed by atoms with Crippen molar-refractivity contribution >= 4 is 47.4 Å². The Bertz CT molecular complexity index is 937. The van der Waals surface area contributed by atoms with E-state index in [1.165, 1.54) is 0 Å². The lowest BCUT2D eigenvalue weighted by molar-refractivity contribution is 0.0909. The first-order chi connectivity index (χ1) is 13.0. The van der Waals surface area contributed by atoms with Crippen LogP contribution in [-0.4, -0.2) is 38.5 Å². The van der Waals surface area contributed by atoms with Crippen LogP contribution in [0.1, 0.15) is 37.1 Å². The van der Waals surface area contributed by atoms with E-state index in [-0.39, 0.29) is 37.0 Å². The molecule has 6 nitrogen and oxygen atoms in total. The quantitative estimate of drug-likeness (QED) is 0.576. The maximum absolute atomic E-state index is 10.1. The second-order valence-corrected chi connectivity index (χ2v) is 7.81. The zero-order valence-electron chi connectivity index (χ0n) is 16.5. The smallest absolute Gasteiger partial charge is 0.141 e. The molecule has 9 heteroatoms. The molecule has 3 aromatic rings. The predicted molar refractivity (Wildman–Crippen MR) is 120 cm³/mol. The minimum Gasteiger partial charge on any atom is -0.392 e. The molecule has 1 aromatic carbocycles. The van der Waals surface area contributed by atoms with Crippen molar-refractivity contribution in [3.05, 3.63) is 34.9 Å². The summed E-state index contributed by atoms with van der Waals surface area (Å²) in [4.78, 5) is 4.55. The highest BCUT2D eigenvalue weighted by Crippen LogP contribution is 2.35. The second kappa shape index (κ2) is 10.1. The molecular weight excluding hydrogens is 435 g/mol. The van der Waals surface area contributed by atoms with Crippen molar-refractivity contribution in [2.75, 3.05) is 6.54 Å². The molecular formula is C20H27Cl3N4O2. The molecule has 1 fully saturated rings.